The Labute approximate surface area is 261 Å². The molecule has 0 saturated heterocycles. The van der Waals surface area contributed by atoms with E-state index < -0.39 is 0 Å². The van der Waals surface area contributed by atoms with Gasteiger partial charge in [0.05, 0.1) is 0 Å². The van der Waals surface area contributed by atoms with Crippen LogP contribution in [0, 0.1) is 0 Å². The third-order valence-corrected chi connectivity index (χ3v) is 8.69. The molecule has 0 aliphatic carbocycles. The summed E-state index contributed by atoms with van der Waals surface area (Å²) in [7, 11) is 0. The molecule has 7 aromatic carbocycles. The average Bonchev–Trinajstić information content (AvgIpc) is 3.41. The van der Waals surface area contributed by atoms with Crippen LogP contribution in [0.4, 0.5) is 17.1 Å². The van der Waals surface area contributed by atoms with Crippen LogP contribution in [0.15, 0.2) is 168 Å². The summed E-state index contributed by atoms with van der Waals surface area (Å²) in [6, 6.07) is 57.3. The van der Waals surface area contributed by atoms with Crippen molar-refractivity contribution >= 4 is 39.0 Å². The molecule has 45 heavy (non-hydrogen) atoms. The number of fused-ring (bicyclic) bond motifs is 8. The summed E-state index contributed by atoms with van der Waals surface area (Å²) in [4.78, 5) is 2.32. The third-order valence-electron chi connectivity index (χ3n) is 8.69. The lowest BCUT2D eigenvalue weighted by Crippen LogP contribution is -2.10. The number of nitrogens with zero attached hydrogens (tertiary/aromatic N) is 1. The first-order chi connectivity index (χ1) is 22.3. The molecule has 3 nitrogen and oxygen atoms in total. The van der Waals surface area contributed by atoms with E-state index in [1.54, 1.807) is 0 Å². The average molecular weight is 578 g/mol. The smallest absolute Gasteiger partial charge is 0.135 e. The van der Waals surface area contributed by atoms with Gasteiger partial charge < -0.3 is 14.1 Å². The fourth-order valence-corrected chi connectivity index (χ4v) is 6.54. The first kappa shape index (κ1) is 25.4. The van der Waals surface area contributed by atoms with Crippen LogP contribution in [-0.2, 0) is 0 Å². The Morgan fingerprint density at radius 3 is 1.78 bits per heavy atom. The first-order valence-corrected chi connectivity index (χ1v) is 15.2. The van der Waals surface area contributed by atoms with Crippen LogP contribution >= 0.6 is 0 Å². The molecule has 1 aromatic heterocycles. The highest BCUT2D eigenvalue weighted by molar-refractivity contribution is 6.06. The lowest BCUT2D eigenvalue weighted by Gasteiger charge is -2.27. The van der Waals surface area contributed by atoms with Crippen molar-refractivity contribution in [2.75, 3.05) is 4.90 Å². The minimum atomic E-state index is 0.840. The molecule has 8 aromatic rings. The molecule has 9 rings (SSSR count). The Balaban J connectivity index is 1.24. The topological polar surface area (TPSA) is 25.6 Å². The molecule has 0 saturated carbocycles. The Morgan fingerprint density at radius 2 is 0.933 bits per heavy atom. The molecule has 0 N–H and O–H groups in total. The first-order valence-electron chi connectivity index (χ1n) is 15.2. The summed E-state index contributed by atoms with van der Waals surface area (Å²) in [5.41, 5.74) is 11.7. The molecule has 0 bridgehead atoms. The minimum Gasteiger partial charge on any atom is -0.456 e. The summed E-state index contributed by atoms with van der Waals surface area (Å²) in [6.45, 7) is 0. The zero-order chi connectivity index (χ0) is 29.7. The van der Waals surface area contributed by atoms with Gasteiger partial charge in [-0.25, -0.2) is 0 Å². The number of benzene rings is 7. The van der Waals surface area contributed by atoms with Crippen molar-refractivity contribution in [3.05, 3.63) is 164 Å². The molecule has 212 valence electrons. The molecular formula is C42H27NO2. The fraction of sp³-hybridized carbons (Fsp3) is 0. The summed E-state index contributed by atoms with van der Waals surface area (Å²) in [6.07, 6.45) is 0. The van der Waals surface area contributed by atoms with Gasteiger partial charge in [0.1, 0.15) is 22.7 Å². The van der Waals surface area contributed by atoms with Crippen molar-refractivity contribution in [1.29, 1.82) is 0 Å². The van der Waals surface area contributed by atoms with Gasteiger partial charge in [0.25, 0.3) is 0 Å². The van der Waals surface area contributed by atoms with Gasteiger partial charge in [0.15, 0.2) is 0 Å². The van der Waals surface area contributed by atoms with Crippen molar-refractivity contribution in [2.45, 2.75) is 0 Å². The maximum absolute atomic E-state index is 6.56. The predicted molar refractivity (Wildman–Crippen MR) is 185 cm³/mol. The Kier molecular flexibility index (Phi) is 5.82. The summed E-state index contributed by atoms with van der Waals surface area (Å²) >= 11 is 0. The van der Waals surface area contributed by atoms with Crippen LogP contribution in [0.25, 0.3) is 55.3 Å². The van der Waals surface area contributed by atoms with Crippen LogP contribution < -0.4 is 9.64 Å². The zero-order valence-corrected chi connectivity index (χ0v) is 24.4. The molecule has 3 heteroatoms. The molecule has 1 aliphatic heterocycles. The van der Waals surface area contributed by atoms with Crippen molar-refractivity contribution < 1.29 is 9.15 Å². The lowest BCUT2D eigenvalue weighted by atomic mass is 9.94. The predicted octanol–water partition coefficient (Wildman–Crippen LogP) is 12.2. The van der Waals surface area contributed by atoms with Crippen LogP contribution in [0.3, 0.4) is 0 Å². The highest BCUT2D eigenvalue weighted by atomic mass is 16.5. The monoisotopic (exact) mass is 577 g/mol. The van der Waals surface area contributed by atoms with Gasteiger partial charge in [-0.15, -0.1) is 0 Å². The molecule has 0 radical (unpaired) electrons. The highest BCUT2D eigenvalue weighted by Crippen LogP contribution is 2.49. The minimum absolute atomic E-state index is 0.840. The van der Waals surface area contributed by atoms with Gasteiger partial charge in [-0.3, -0.25) is 0 Å². The van der Waals surface area contributed by atoms with Gasteiger partial charge in [0, 0.05) is 39.0 Å². The molecule has 0 unspecified atom stereocenters. The number of hydrogen-bond acceptors (Lipinski definition) is 3. The standard InChI is InChI=1S/C42H27NO2/c1-2-10-28(11-3-1)29-18-20-30(21-19-29)43(32-23-25-42-38(27-32)36-15-7-9-17-40(36)45-42)31-22-24-41-37(26-31)34-13-5-4-12-33(34)35-14-6-8-16-39(35)44-41/h1-27H. The van der Waals surface area contributed by atoms with Gasteiger partial charge in [-0.2, -0.15) is 0 Å². The van der Waals surface area contributed by atoms with Crippen molar-refractivity contribution in [2.24, 2.45) is 0 Å². The van der Waals surface area contributed by atoms with E-state index in [4.69, 9.17) is 9.15 Å². The molecule has 0 spiro atoms. The largest absolute Gasteiger partial charge is 0.456 e. The number of anilines is 3. The van der Waals surface area contributed by atoms with Gasteiger partial charge in [0.2, 0.25) is 0 Å². The number of rotatable bonds is 4. The van der Waals surface area contributed by atoms with Crippen molar-refractivity contribution in [1.82, 2.24) is 0 Å². The Morgan fingerprint density at radius 1 is 0.356 bits per heavy atom. The maximum Gasteiger partial charge on any atom is 0.135 e. The van der Waals surface area contributed by atoms with E-state index >= 15 is 0 Å². The normalized spacial score (nSPS) is 11.7. The summed E-state index contributed by atoms with van der Waals surface area (Å²) < 4.78 is 12.7. The second kappa shape index (κ2) is 10.3. The molecule has 2 heterocycles. The van der Waals surface area contributed by atoms with E-state index in [1.807, 2.05) is 30.3 Å². The second-order valence-electron chi connectivity index (χ2n) is 11.4. The van der Waals surface area contributed by atoms with Gasteiger partial charge in [-0.1, -0.05) is 103 Å². The SMILES string of the molecule is c1ccc(-c2ccc(N(c3ccc4c(c3)-c3ccccc3-c3ccccc3O4)c3ccc4oc5ccccc5c4c3)cc2)cc1. The van der Waals surface area contributed by atoms with Gasteiger partial charge in [-0.05, 0) is 82.9 Å². The van der Waals surface area contributed by atoms with Crippen molar-refractivity contribution in [3.8, 4) is 44.9 Å². The van der Waals surface area contributed by atoms with Crippen LogP contribution in [0.1, 0.15) is 0 Å². The quantitative estimate of drug-likeness (QED) is 0.208. The van der Waals surface area contributed by atoms with Crippen LogP contribution in [-0.4, -0.2) is 0 Å². The molecule has 0 atom stereocenters. The van der Waals surface area contributed by atoms with Crippen LogP contribution in [0.2, 0.25) is 0 Å². The zero-order valence-electron chi connectivity index (χ0n) is 24.4. The highest BCUT2D eigenvalue weighted by Gasteiger charge is 2.23. The van der Waals surface area contributed by atoms with E-state index in [0.29, 0.717) is 0 Å². The van der Waals surface area contributed by atoms with Crippen molar-refractivity contribution in [3.63, 3.8) is 0 Å². The summed E-state index contributed by atoms with van der Waals surface area (Å²) in [5.74, 6) is 1.70. The molecule has 0 fully saturated rings. The molecule has 0 amide bonds. The number of ether oxygens (including phenoxy) is 1. The molecule has 1 aliphatic rings. The maximum atomic E-state index is 6.56. The number of furan rings is 1. The van der Waals surface area contributed by atoms with Crippen LogP contribution in [0.5, 0.6) is 11.5 Å². The van der Waals surface area contributed by atoms with Gasteiger partial charge >= 0.3 is 0 Å². The number of para-hydroxylation sites is 2. The number of hydrogen-bond donors (Lipinski definition) is 0. The third kappa shape index (κ3) is 4.29. The van der Waals surface area contributed by atoms with E-state index in [-0.39, 0.29) is 0 Å². The molecular weight excluding hydrogens is 550 g/mol. The second-order valence-corrected chi connectivity index (χ2v) is 11.4. The fourth-order valence-electron chi connectivity index (χ4n) is 6.54. The van der Waals surface area contributed by atoms with E-state index in [9.17, 15) is 0 Å². The Hall–Kier alpha value is -6.06. The van der Waals surface area contributed by atoms with E-state index in [2.05, 4.69) is 138 Å². The Bertz CT molecular complexity index is 2350. The lowest BCUT2D eigenvalue weighted by molar-refractivity contribution is 0.488. The summed E-state index contributed by atoms with van der Waals surface area (Å²) in [5, 5.41) is 2.20. The van der Waals surface area contributed by atoms with E-state index in [1.165, 1.54) is 11.1 Å². The van der Waals surface area contributed by atoms with E-state index in [0.717, 1.165) is 72.8 Å².